The van der Waals surface area contributed by atoms with Crippen molar-refractivity contribution in [2.75, 3.05) is 5.32 Å². The van der Waals surface area contributed by atoms with Crippen LogP contribution in [0.5, 0.6) is 17.2 Å². The largest absolute Gasteiger partial charge is 0.483 e. The number of rotatable bonds is 4. The summed E-state index contributed by atoms with van der Waals surface area (Å²) in [4.78, 5) is 24.2. The van der Waals surface area contributed by atoms with Gasteiger partial charge in [0.2, 0.25) is 0 Å². The molecular formula is C24H19ClF2N2O4. The molecule has 3 aromatic carbocycles. The highest BCUT2D eigenvalue weighted by atomic mass is 35.5. The van der Waals surface area contributed by atoms with Gasteiger partial charge in [0.05, 0.1) is 5.02 Å². The van der Waals surface area contributed by atoms with E-state index >= 15 is 0 Å². The minimum Gasteiger partial charge on any atom is -0.483 e. The van der Waals surface area contributed by atoms with Gasteiger partial charge in [0, 0.05) is 17.7 Å². The van der Waals surface area contributed by atoms with Crippen molar-refractivity contribution >= 4 is 29.2 Å². The summed E-state index contributed by atoms with van der Waals surface area (Å²) in [5.41, 5.74) is 0.0764. The number of benzene rings is 3. The Morgan fingerprint density at radius 1 is 1.03 bits per heavy atom. The van der Waals surface area contributed by atoms with Gasteiger partial charge >= 0.3 is 6.03 Å². The Bertz CT molecular complexity index is 1240. The molecule has 0 bridgehead atoms. The smallest absolute Gasteiger partial charge is 0.326 e. The Balaban J connectivity index is 1.44. The summed E-state index contributed by atoms with van der Waals surface area (Å²) in [6.07, 6.45) is 0.751. The van der Waals surface area contributed by atoms with Crippen LogP contribution in [0.3, 0.4) is 0 Å². The molecule has 6 nitrogen and oxygen atoms in total. The Morgan fingerprint density at radius 3 is 2.42 bits per heavy atom. The zero-order valence-electron chi connectivity index (χ0n) is 17.7. The number of urea groups is 1. The summed E-state index contributed by atoms with van der Waals surface area (Å²) in [5.74, 6) is -1.88. The zero-order valence-corrected chi connectivity index (χ0v) is 18.4. The molecule has 2 N–H and O–H groups in total. The predicted molar refractivity (Wildman–Crippen MR) is 119 cm³/mol. The Kier molecular flexibility index (Phi) is 5.95. The van der Waals surface area contributed by atoms with E-state index in [4.69, 9.17) is 21.1 Å². The number of hydrogen-bond acceptors (Lipinski definition) is 4. The molecule has 33 heavy (non-hydrogen) atoms. The van der Waals surface area contributed by atoms with Gasteiger partial charge < -0.3 is 14.8 Å². The van der Waals surface area contributed by atoms with Crippen molar-refractivity contribution in [1.82, 2.24) is 5.32 Å². The number of amides is 3. The third-order valence-electron chi connectivity index (χ3n) is 4.88. The van der Waals surface area contributed by atoms with Gasteiger partial charge in [-0.2, -0.15) is 0 Å². The number of carbonyl (C=O) groups excluding carboxylic acids is 2. The molecule has 170 valence electrons. The summed E-state index contributed by atoms with van der Waals surface area (Å²) in [7, 11) is 0. The molecule has 4 rings (SSSR count). The highest BCUT2D eigenvalue weighted by Crippen LogP contribution is 2.44. The number of ether oxygens (including phenoxy) is 2. The molecule has 0 fully saturated rings. The highest BCUT2D eigenvalue weighted by Gasteiger charge is 2.32. The number of fused-ring (bicyclic) bond motifs is 1. The van der Waals surface area contributed by atoms with Crippen molar-refractivity contribution in [2.45, 2.75) is 25.9 Å². The van der Waals surface area contributed by atoms with E-state index in [1.54, 1.807) is 6.07 Å². The monoisotopic (exact) mass is 472 g/mol. The average Bonchev–Trinajstić information content (AvgIpc) is 3.04. The lowest BCUT2D eigenvalue weighted by atomic mass is 10.0. The third-order valence-corrected chi connectivity index (χ3v) is 5.18. The number of carbonyl (C=O) groups is 2. The van der Waals surface area contributed by atoms with Gasteiger partial charge in [-0.05, 0) is 50.2 Å². The van der Waals surface area contributed by atoms with Gasteiger partial charge in [-0.3, -0.25) is 10.1 Å². The molecular weight excluding hydrogens is 454 g/mol. The second kappa shape index (κ2) is 8.71. The first-order valence-corrected chi connectivity index (χ1v) is 10.4. The zero-order chi connectivity index (χ0) is 23.8. The van der Waals surface area contributed by atoms with Crippen LogP contribution in [0.25, 0.3) is 0 Å². The van der Waals surface area contributed by atoms with Gasteiger partial charge in [-0.1, -0.05) is 29.8 Å². The van der Waals surface area contributed by atoms with Crippen LogP contribution in [0, 0.1) is 11.6 Å². The van der Waals surface area contributed by atoms with Crippen molar-refractivity contribution < 1.29 is 27.8 Å². The lowest BCUT2D eigenvalue weighted by Gasteiger charge is -2.18. The Morgan fingerprint density at radius 2 is 1.73 bits per heavy atom. The lowest BCUT2D eigenvalue weighted by molar-refractivity contribution is 0.0959. The maximum Gasteiger partial charge on any atom is 0.326 e. The van der Waals surface area contributed by atoms with Gasteiger partial charge in [0.25, 0.3) is 5.91 Å². The number of nitrogens with one attached hydrogen (secondary N) is 2. The number of para-hydroxylation sites is 1. The van der Waals surface area contributed by atoms with Gasteiger partial charge in [-0.15, -0.1) is 0 Å². The van der Waals surface area contributed by atoms with Gasteiger partial charge in [0.1, 0.15) is 28.5 Å². The molecule has 1 aliphatic heterocycles. The molecule has 3 amide bonds. The summed E-state index contributed by atoms with van der Waals surface area (Å²) in [6, 6.07) is 12.0. The fourth-order valence-corrected chi connectivity index (χ4v) is 3.71. The average molecular weight is 473 g/mol. The molecule has 1 heterocycles. The molecule has 0 saturated carbocycles. The van der Waals surface area contributed by atoms with Crippen LogP contribution in [0.15, 0.2) is 54.6 Å². The third kappa shape index (κ3) is 4.90. The maximum absolute atomic E-state index is 13.7. The normalized spacial score (nSPS) is 13.6. The SMILES string of the molecule is CC1(C)Cc2cccc(Oc3ccc(NC(=O)NC(=O)c4c(F)cccc4F)cc3Cl)c2O1. The molecule has 1 aliphatic rings. The van der Waals surface area contributed by atoms with E-state index in [2.05, 4.69) is 5.32 Å². The molecule has 0 atom stereocenters. The first-order valence-electron chi connectivity index (χ1n) is 9.97. The standard InChI is InChI=1S/C24H19ClF2N2O4/c1-24(2)12-13-5-3-8-19(21(13)33-24)32-18-10-9-14(11-15(18)25)28-23(31)29-22(30)20-16(26)6-4-7-17(20)27/h3-11H,12H2,1-2H3,(H2,28,29,30,31). The summed E-state index contributed by atoms with van der Waals surface area (Å²) in [5, 5.41) is 4.45. The van der Waals surface area contributed by atoms with Crippen LogP contribution in [0.1, 0.15) is 29.8 Å². The lowest BCUT2D eigenvalue weighted by Crippen LogP contribution is -2.35. The minimum atomic E-state index is -1.21. The molecule has 0 aliphatic carbocycles. The van der Waals surface area contributed by atoms with Gasteiger partial charge in [0.15, 0.2) is 11.5 Å². The van der Waals surface area contributed by atoms with Crippen molar-refractivity contribution in [2.24, 2.45) is 0 Å². The second-order valence-corrected chi connectivity index (χ2v) is 8.44. The van der Waals surface area contributed by atoms with Crippen LogP contribution < -0.4 is 20.1 Å². The number of halogens is 3. The van der Waals surface area contributed by atoms with Crippen LogP contribution in [-0.4, -0.2) is 17.5 Å². The quantitative estimate of drug-likeness (QED) is 0.482. The van der Waals surface area contributed by atoms with Crippen LogP contribution >= 0.6 is 11.6 Å². The summed E-state index contributed by atoms with van der Waals surface area (Å²) < 4.78 is 39.3. The molecule has 9 heteroatoms. The Hall–Kier alpha value is -3.65. The first-order chi connectivity index (χ1) is 15.6. The van der Waals surface area contributed by atoms with E-state index < -0.39 is 29.1 Å². The first kappa shape index (κ1) is 22.5. The maximum atomic E-state index is 13.7. The number of imide groups is 1. The van der Waals surface area contributed by atoms with Crippen LogP contribution in [-0.2, 0) is 6.42 Å². The van der Waals surface area contributed by atoms with Crippen molar-refractivity contribution in [3.05, 3.63) is 82.4 Å². The Labute approximate surface area is 193 Å². The molecule has 0 radical (unpaired) electrons. The number of anilines is 1. The summed E-state index contributed by atoms with van der Waals surface area (Å²) >= 11 is 6.31. The molecule has 0 spiro atoms. The number of hydrogen-bond donors (Lipinski definition) is 2. The van der Waals surface area contributed by atoms with E-state index in [1.807, 2.05) is 31.3 Å². The van der Waals surface area contributed by atoms with Crippen molar-refractivity contribution in [3.8, 4) is 17.2 Å². The van der Waals surface area contributed by atoms with Crippen LogP contribution in [0.2, 0.25) is 5.02 Å². The van der Waals surface area contributed by atoms with E-state index in [9.17, 15) is 18.4 Å². The molecule has 0 unspecified atom stereocenters. The molecule has 0 saturated heterocycles. The predicted octanol–water partition coefficient (Wildman–Crippen LogP) is 6.09. The highest BCUT2D eigenvalue weighted by molar-refractivity contribution is 6.32. The molecule has 0 aromatic heterocycles. The van der Waals surface area contributed by atoms with E-state index in [0.29, 0.717) is 17.2 Å². The fourth-order valence-electron chi connectivity index (χ4n) is 3.49. The topological polar surface area (TPSA) is 76.7 Å². The van der Waals surface area contributed by atoms with E-state index in [1.165, 1.54) is 18.2 Å². The minimum absolute atomic E-state index is 0.189. The molecule has 3 aromatic rings. The van der Waals surface area contributed by atoms with Crippen LogP contribution in [0.4, 0.5) is 19.3 Å². The van der Waals surface area contributed by atoms with E-state index in [0.717, 1.165) is 30.2 Å². The van der Waals surface area contributed by atoms with Crippen molar-refractivity contribution in [1.29, 1.82) is 0 Å². The fraction of sp³-hybridized carbons (Fsp3) is 0.167. The van der Waals surface area contributed by atoms with E-state index in [-0.39, 0.29) is 16.3 Å². The van der Waals surface area contributed by atoms with Crippen molar-refractivity contribution in [3.63, 3.8) is 0 Å². The second-order valence-electron chi connectivity index (χ2n) is 8.04. The summed E-state index contributed by atoms with van der Waals surface area (Å²) in [6.45, 7) is 3.97. The van der Waals surface area contributed by atoms with Gasteiger partial charge in [-0.25, -0.2) is 13.6 Å².